The van der Waals surface area contributed by atoms with Crippen LogP contribution < -0.4 is 0 Å². The Kier molecular flexibility index (Phi) is 3.74. The van der Waals surface area contributed by atoms with Crippen molar-refractivity contribution in [3.63, 3.8) is 0 Å². The number of piperidine rings is 1. The minimum Gasteiger partial charge on any atom is -0.388 e. The minimum atomic E-state index is -0.862. The minimum absolute atomic E-state index is 0.131. The van der Waals surface area contributed by atoms with Gasteiger partial charge in [-0.15, -0.1) is 0 Å². The molecule has 4 nitrogen and oxygen atoms in total. The molecule has 0 aromatic carbocycles. The maximum Gasteiger partial charge on any atom is 0.229 e. The Balaban J connectivity index is 2.03. The summed E-state index contributed by atoms with van der Waals surface area (Å²) in [6.45, 7) is 6.25. The van der Waals surface area contributed by atoms with Crippen LogP contribution in [-0.2, 0) is 9.59 Å². The van der Waals surface area contributed by atoms with E-state index in [2.05, 4.69) is 6.92 Å². The summed E-state index contributed by atoms with van der Waals surface area (Å²) in [4.78, 5) is 25.5. The molecular formula is C15H25NO3. The molecule has 0 aromatic heterocycles. The Hall–Kier alpha value is -0.900. The van der Waals surface area contributed by atoms with Gasteiger partial charge in [-0.05, 0) is 37.0 Å². The summed E-state index contributed by atoms with van der Waals surface area (Å²) in [6.07, 6.45) is 4.11. The number of hydrogen-bond acceptors (Lipinski definition) is 3. The van der Waals surface area contributed by atoms with Crippen molar-refractivity contribution < 1.29 is 14.7 Å². The second-order valence-electron chi connectivity index (χ2n) is 7.30. The van der Waals surface area contributed by atoms with Crippen LogP contribution in [0.2, 0.25) is 0 Å². The van der Waals surface area contributed by atoms with Gasteiger partial charge in [-0.25, -0.2) is 0 Å². The predicted octanol–water partition coefficient (Wildman–Crippen LogP) is 2.10. The monoisotopic (exact) mass is 267 g/mol. The van der Waals surface area contributed by atoms with Crippen LogP contribution in [-0.4, -0.2) is 34.0 Å². The predicted molar refractivity (Wildman–Crippen MR) is 72.3 cm³/mol. The van der Waals surface area contributed by atoms with Crippen LogP contribution in [0.15, 0.2) is 0 Å². The van der Waals surface area contributed by atoms with Gasteiger partial charge in [0.15, 0.2) is 0 Å². The number of carbonyl (C=O) groups is 2. The molecule has 2 rings (SSSR count). The number of likely N-dealkylation sites (tertiary alicyclic amines) is 1. The second kappa shape index (κ2) is 4.89. The number of hydrogen-bond donors (Lipinski definition) is 1. The average Bonchev–Trinajstić information content (AvgIpc) is 2.27. The third-order valence-electron chi connectivity index (χ3n) is 4.52. The number of nitrogens with zero attached hydrogens (tertiary/aromatic N) is 1. The van der Waals surface area contributed by atoms with E-state index >= 15 is 0 Å². The Labute approximate surface area is 115 Å². The van der Waals surface area contributed by atoms with Gasteiger partial charge in [0.25, 0.3) is 0 Å². The zero-order chi connectivity index (χ0) is 14.3. The van der Waals surface area contributed by atoms with Crippen molar-refractivity contribution in [2.24, 2.45) is 11.3 Å². The summed E-state index contributed by atoms with van der Waals surface area (Å²) < 4.78 is 0. The lowest BCUT2D eigenvalue weighted by Crippen LogP contribution is -2.53. The summed E-state index contributed by atoms with van der Waals surface area (Å²) in [6, 6.07) is 0. The number of amides is 2. The number of imide groups is 1. The average molecular weight is 267 g/mol. The first-order chi connectivity index (χ1) is 8.71. The SMILES string of the molecule is CC1CCC(O)(CN2C(=O)CC(C)(C)CC2=O)CC1. The third-order valence-corrected chi connectivity index (χ3v) is 4.52. The normalized spacial score (nSPS) is 35.6. The molecule has 0 spiro atoms. The fourth-order valence-electron chi connectivity index (χ4n) is 3.14. The van der Waals surface area contributed by atoms with Crippen molar-refractivity contribution in [3.8, 4) is 0 Å². The van der Waals surface area contributed by atoms with E-state index in [1.54, 1.807) is 0 Å². The van der Waals surface area contributed by atoms with Crippen LogP contribution in [0.1, 0.15) is 59.3 Å². The van der Waals surface area contributed by atoms with Gasteiger partial charge < -0.3 is 5.11 Å². The van der Waals surface area contributed by atoms with Gasteiger partial charge in [0.1, 0.15) is 0 Å². The molecule has 1 saturated heterocycles. The molecule has 2 fully saturated rings. The van der Waals surface area contributed by atoms with Crippen LogP contribution >= 0.6 is 0 Å². The highest BCUT2D eigenvalue weighted by Gasteiger charge is 2.42. The Morgan fingerprint density at radius 1 is 1.16 bits per heavy atom. The largest absolute Gasteiger partial charge is 0.388 e. The van der Waals surface area contributed by atoms with Crippen molar-refractivity contribution in [2.75, 3.05) is 6.54 Å². The van der Waals surface area contributed by atoms with Gasteiger partial charge in [0, 0.05) is 12.8 Å². The highest BCUT2D eigenvalue weighted by molar-refractivity contribution is 5.98. The third kappa shape index (κ3) is 3.35. The first-order valence-corrected chi connectivity index (χ1v) is 7.26. The molecular weight excluding hydrogens is 242 g/mol. The standard InChI is InChI=1S/C15H25NO3/c1-11-4-6-15(19,7-5-11)10-16-12(17)8-14(2,3)9-13(16)18/h11,19H,4-10H2,1-3H3. The van der Waals surface area contributed by atoms with Gasteiger partial charge in [-0.3, -0.25) is 14.5 Å². The fraction of sp³-hybridized carbons (Fsp3) is 0.867. The number of aliphatic hydroxyl groups is 1. The van der Waals surface area contributed by atoms with Crippen LogP contribution in [0.3, 0.4) is 0 Å². The summed E-state index contributed by atoms with van der Waals surface area (Å²) in [5.74, 6) is 0.369. The van der Waals surface area contributed by atoms with Crippen LogP contribution in [0, 0.1) is 11.3 Å². The van der Waals surface area contributed by atoms with E-state index in [1.165, 1.54) is 4.90 Å². The van der Waals surface area contributed by atoms with Gasteiger partial charge in [0.2, 0.25) is 11.8 Å². The number of β-amino-alcohol motifs (C(OH)–C–C–N with tert-alkyl or cyclic N) is 1. The van der Waals surface area contributed by atoms with Gasteiger partial charge in [-0.2, -0.15) is 0 Å². The second-order valence-corrected chi connectivity index (χ2v) is 7.30. The molecule has 0 bridgehead atoms. The zero-order valence-electron chi connectivity index (χ0n) is 12.2. The molecule has 1 aliphatic carbocycles. The Morgan fingerprint density at radius 2 is 1.63 bits per heavy atom. The zero-order valence-corrected chi connectivity index (χ0v) is 12.2. The first kappa shape index (κ1) is 14.5. The van der Waals surface area contributed by atoms with Crippen molar-refractivity contribution in [1.29, 1.82) is 0 Å². The molecule has 1 N–H and O–H groups in total. The van der Waals surface area contributed by atoms with Gasteiger partial charge in [0.05, 0.1) is 12.1 Å². The molecule has 0 aromatic rings. The number of carbonyl (C=O) groups excluding carboxylic acids is 2. The molecule has 1 heterocycles. The Bertz CT molecular complexity index is 361. The van der Waals surface area contributed by atoms with Crippen molar-refractivity contribution in [2.45, 2.75) is 64.9 Å². The van der Waals surface area contributed by atoms with Crippen LogP contribution in [0.25, 0.3) is 0 Å². The molecule has 2 aliphatic rings. The highest BCUT2D eigenvalue weighted by atomic mass is 16.3. The fourth-order valence-corrected chi connectivity index (χ4v) is 3.14. The molecule has 1 aliphatic heterocycles. The Morgan fingerprint density at radius 3 is 2.11 bits per heavy atom. The highest BCUT2D eigenvalue weighted by Crippen LogP contribution is 2.36. The van der Waals surface area contributed by atoms with E-state index in [0.717, 1.165) is 12.8 Å². The van der Waals surface area contributed by atoms with Gasteiger partial charge >= 0.3 is 0 Å². The van der Waals surface area contributed by atoms with E-state index in [-0.39, 0.29) is 23.8 Å². The van der Waals surface area contributed by atoms with E-state index in [1.807, 2.05) is 13.8 Å². The lowest BCUT2D eigenvalue weighted by molar-refractivity contribution is -0.158. The van der Waals surface area contributed by atoms with E-state index in [9.17, 15) is 14.7 Å². The maximum absolute atomic E-state index is 12.1. The molecule has 4 heteroatoms. The van der Waals surface area contributed by atoms with Crippen LogP contribution in [0.4, 0.5) is 0 Å². The molecule has 108 valence electrons. The summed E-state index contributed by atoms with van der Waals surface area (Å²) in [5.41, 5.74) is -1.10. The van der Waals surface area contributed by atoms with Crippen molar-refractivity contribution >= 4 is 11.8 Å². The van der Waals surface area contributed by atoms with E-state index in [0.29, 0.717) is 31.6 Å². The van der Waals surface area contributed by atoms with E-state index in [4.69, 9.17) is 0 Å². The molecule has 0 atom stereocenters. The van der Waals surface area contributed by atoms with Gasteiger partial charge in [-0.1, -0.05) is 20.8 Å². The number of rotatable bonds is 2. The van der Waals surface area contributed by atoms with Crippen LogP contribution in [0.5, 0.6) is 0 Å². The first-order valence-electron chi connectivity index (χ1n) is 7.26. The summed E-state index contributed by atoms with van der Waals surface area (Å²) in [7, 11) is 0. The lowest BCUT2D eigenvalue weighted by atomic mass is 9.77. The summed E-state index contributed by atoms with van der Waals surface area (Å²) in [5, 5.41) is 10.6. The smallest absolute Gasteiger partial charge is 0.229 e. The maximum atomic E-state index is 12.1. The quantitative estimate of drug-likeness (QED) is 0.779. The molecule has 19 heavy (non-hydrogen) atoms. The topological polar surface area (TPSA) is 57.6 Å². The lowest BCUT2D eigenvalue weighted by Gasteiger charge is -2.41. The van der Waals surface area contributed by atoms with Crippen molar-refractivity contribution in [1.82, 2.24) is 4.90 Å². The molecule has 0 radical (unpaired) electrons. The molecule has 1 saturated carbocycles. The molecule has 2 amide bonds. The van der Waals surface area contributed by atoms with E-state index < -0.39 is 5.60 Å². The van der Waals surface area contributed by atoms with Crippen molar-refractivity contribution in [3.05, 3.63) is 0 Å². The molecule has 0 unspecified atom stereocenters. The summed E-state index contributed by atoms with van der Waals surface area (Å²) >= 11 is 0.